The summed E-state index contributed by atoms with van der Waals surface area (Å²) in [5.41, 5.74) is 8.88. The first-order valence-electron chi connectivity index (χ1n) is 13.7. The summed E-state index contributed by atoms with van der Waals surface area (Å²) < 4.78 is 1.83. The Balaban J connectivity index is 1.45. The quantitative estimate of drug-likeness (QED) is 0.291. The lowest BCUT2D eigenvalue weighted by molar-refractivity contribution is -0.139. The summed E-state index contributed by atoms with van der Waals surface area (Å²) in [4.78, 5) is 14.9. The summed E-state index contributed by atoms with van der Waals surface area (Å²) in [5.74, 6) is -0.572. The minimum Gasteiger partial charge on any atom is -0.481 e. The topological polar surface area (TPSA) is 71.2 Å². The number of carboxylic acid groups (broad SMARTS) is 1. The second kappa shape index (κ2) is 11.1. The Morgan fingerprint density at radius 3 is 2.58 bits per heavy atom. The fourth-order valence-electron chi connectivity index (χ4n) is 5.78. The fourth-order valence-corrected chi connectivity index (χ4v) is 5.78. The summed E-state index contributed by atoms with van der Waals surface area (Å²) in [6, 6.07) is 21.5. The van der Waals surface area contributed by atoms with Crippen molar-refractivity contribution in [3.8, 4) is 11.1 Å². The maximum absolute atomic E-state index is 12.3. The van der Waals surface area contributed by atoms with Gasteiger partial charge in [0.25, 0.3) is 0 Å². The van der Waals surface area contributed by atoms with Crippen molar-refractivity contribution in [2.24, 2.45) is 13.0 Å². The van der Waals surface area contributed by atoms with E-state index in [4.69, 9.17) is 0 Å². The zero-order valence-corrected chi connectivity index (χ0v) is 22.9. The molecule has 1 aliphatic heterocycles. The molecule has 1 fully saturated rings. The molecule has 1 aromatic heterocycles. The van der Waals surface area contributed by atoms with E-state index >= 15 is 0 Å². The van der Waals surface area contributed by atoms with Crippen LogP contribution in [0.2, 0.25) is 0 Å². The van der Waals surface area contributed by atoms with Crippen LogP contribution in [0.1, 0.15) is 67.2 Å². The molecule has 2 atom stereocenters. The molecule has 0 saturated carbocycles. The zero-order chi connectivity index (χ0) is 26.8. The van der Waals surface area contributed by atoms with Crippen molar-refractivity contribution in [2.75, 3.05) is 13.1 Å². The van der Waals surface area contributed by atoms with E-state index < -0.39 is 11.9 Å². The fraction of sp³-hybridized carbons (Fsp3) is 0.406. The molecule has 38 heavy (non-hydrogen) atoms. The van der Waals surface area contributed by atoms with E-state index in [0.29, 0.717) is 18.3 Å². The first kappa shape index (κ1) is 26.1. The third-order valence-electron chi connectivity index (χ3n) is 7.83. The van der Waals surface area contributed by atoms with Crippen LogP contribution in [0.15, 0.2) is 60.7 Å². The van der Waals surface area contributed by atoms with E-state index in [1.165, 1.54) is 16.7 Å². The number of nitrogens with zero attached hydrogens (tertiary/aromatic N) is 4. The molecular formula is C32H38N4O2. The molecule has 1 aliphatic rings. The Labute approximate surface area is 225 Å². The zero-order valence-electron chi connectivity index (χ0n) is 22.9. The minimum atomic E-state index is -0.740. The number of carboxylic acids is 1. The molecule has 0 radical (unpaired) electrons. The van der Waals surface area contributed by atoms with Gasteiger partial charge in [-0.2, -0.15) is 0 Å². The van der Waals surface area contributed by atoms with Gasteiger partial charge in [0, 0.05) is 20.1 Å². The normalized spacial score (nSPS) is 17.2. The molecule has 5 rings (SSSR count). The first-order chi connectivity index (χ1) is 18.3. The molecule has 3 aromatic carbocycles. The van der Waals surface area contributed by atoms with Gasteiger partial charge in [-0.25, -0.2) is 4.68 Å². The number of hydrogen-bond acceptors (Lipinski definition) is 4. The Bertz CT molecular complexity index is 1420. The van der Waals surface area contributed by atoms with Crippen LogP contribution in [0.25, 0.3) is 22.2 Å². The number of piperidine rings is 1. The molecule has 0 amide bonds. The van der Waals surface area contributed by atoms with Gasteiger partial charge in [0.15, 0.2) is 0 Å². The van der Waals surface area contributed by atoms with Gasteiger partial charge in [0.2, 0.25) is 0 Å². The number of rotatable bonds is 8. The third kappa shape index (κ3) is 5.81. The lowest BCUT2D eigenvalue weighted by atomic mass is 9.83. The monoisotopic (exact) mass is 510 g/mol. The van der Waals surface area contributed by atoms with Crippen LogP contribution in [-0.4, -0.2) is 44.1 Å². The summed E-state index contributed by atoms with van der Waals surface area (Å²) in [7, 11) is 1.93. The van der Waals surface area contributed by atoms with Gasteiger partial charge in [-0.3, -0.25) is 9.69 Å². The molecule has 198 valence electrons. The predicted molar refractivity (Wildman–Crippen MR) is 152 cm³/mol. The van der Waals surface area contributed by atoms with Gasteiger partial charge in [-0.1, -0.05) is 73.2 Å². The highest BCUT2D eigenvalue weighted by Gasteiger charge is 2.26. The molecule has 0 aliphatic carbocycles. The summed E-state index contributed by atoms with van der Waals surface area (Å²) in [6.07, 6.45) is 2.87. The number of carbonyl (C=O) groups is 1. The average Bonchev–Trinajstić information content (AvgIpc) is 3.27. The van der Waals surface area contributed by atoms with Crippen LogP contribution in [0.4, 0.5) is 0 Å². The maximum Gasteiger partial charge on any atom is 0.310 e. The van der Waals surface area contributed by atoms with Gasteiger partial charge in [-0.15, -0.1) is 5.10 Å². The first-order valence-corrected chi connectivity index (χ1v) is 13.7. The number of aromatic nitrogens is 3. The third-order valence-corrected chi connectivity index (χ3v) is 7.83. The second-order valence-electron chi connectivity index (χ2n) is 11.4. The van der Waals surface area contributed by atoms with E-state index in [-0.39, 0.29) is 0 Å². The van der Waals surface area contributed by atoms with Gasteiger partial charge >= 0.3 is 5.97 Å². The Hall–Kier alpha value is -3.51. The van der Waals surface area contributed by atoms with Crippen molar-refractivity contribution >= 4 is 17.0 Å². The summed E-state index contributed by atoms with van der Waals surface area (Å²) in [5, 5.41) is 18.5. The highest BCUT2D eigenvalue weighted by molar-refractivity contribution is 5.78. The largest absolute Gasteiger partial charge is 0.481 e. The molecule has 0 spiro atoms. The van der Waals surface area contributed by atoms with Crippen LogP contribution in [0, 0.1) is 12.8 Å². The minimum absolute atomic E-state index is 0.305. The lowest BCUT2D eigenvalue weighted by Crippen LogP contribution is -2.34. The number of hydrogen-bond donors (Lipinski definition) is 1. The molecule has 1 N–H and O–H groups in total. The van der Waals surface area contributed by atoms with E-state index in [1.54, 1.807) is 0 Å². The SMILES string of the molecule is Cc1ccc(-c2cc(C3CCCN(Cc4ccc5nnn(C)c5c4)C3)cc(C(CC(C)C)C(=O)O)c2)cc1. The Kier molecular flexibility index (Phi) is 7.61. The Morgan fingerprint density at radius 2 is 1.84 bits per heavy atom. The van der Waals surface area contributed by atoms with E-state index in [1.807, 2.05) is 11.7 Å². The van der Waals surface area contributed by atoms with Gasteiger partial charge in [-0.05, 0) is 84.5 Å². The van der Waals surface area contributed by atoms with Crippen molar-refractivity contribution < 1.29 is 9.90 Å². The number of aliphatic carboxylic acids is 1. The number of benzene rings is 3. The molecular weight excluding hydrogens is 472 g/mol. The van der Waals surface area contributed by atoms with Crippen molar-refractivity contribution in [2.45, 2.75) is 58.4 Å². The van der Waals surface area contributed by atoms with Crippen LogP contribution < -0.4 is 0 Å². The van der Waals surface area contributed by atoms with Gasteiger partial charge in [0.05, 0.1) is 11.4 Å². The van der Waals surface area contributed by atoms with E-state index in [0.717, 1.165) is 60.2 Å². The molecule has 2 unspecified atom stereocenters. The lowest BCUT2D eigenvalue weighted by Gasteiger charge is -2.33. The number of likely N-dealkylation sites (tertiary alicyclic amines) is 1. The number of fused-ring (bicyclic) bond motifs is 1. The standard InChI is InChI=1S/C32H38N4O2/c1-21(2)14-29(32(37)38)28-17-26(24-10-7-22(3)8-11-24)16-27(18-28)25-6-5-13-36(20-25)19-23-9-12-30-31(15-23)35(4)34-33-30/h7-12,15-18,21,25,29H,5-6,13-14,19-20H2,1-4H3,(H,37,38). The maximum atomic E-state index is 12.3. The summed E-state index contributed by atoms with van der Waals surface area (Å²) in [6.45, 7) is 9.19. The average molecular weight is 511 g/mol. The number of aryl methyl sites for hydroxylation is 2. The molecule has 6 nitrogen and oxygen atoms in total. The van der Waals surface area contributed by atoms with E-state index in [2.05, 4.69) is 96.6 Å². The van der Waals surface area contributed by atoms with Crippen molar-refractivity contribution in [1.29, 1.82) is 0 Å². The Morgan fingerprint density at radius 1 is 1.05 bits per heavy atom. The molecule has 2 heterocycles. The predicted octanol–water partition coefficient (Wildman–Crippen LogP) is 6.54. The van der Waals surface area contributed by atoms with Crippen LogP contribution in [-0.2, 0) is 18.4 Å². The van der Waals surface area contributed by atoms with E-state index in [9.17, 15) is 9.90 Å². The van der Waals surface area contributed by atoms with Crippen LogP contribution in [0.5, 0.6) is 0 Å². The molecule has 1 saturated heterocycles. The van der Waals surface area contributed by atoms with Crippen molar-refractivity contribution in [3.05, 3.63) is 82.9 Å². The van der Waals surface area contributed by atoms with Crippen LogP contribution in [0.3, 0.4) is 0 Å². The van der Waals surface area contributed by atoms with Crippen molar-refractivity contribution in [1.82, 2.24) is 19.9 Å². The summed E-state index contributed by atoms with van der Waals surface area (Å²) >= 11 is 0. The smallest absolute Gasteiger partial charge is 0.310 e. The molecule has 0 bridgehead atoms. The highest BCUT2D eigenvalue weighted by Crippen LogP contribution is 2.35. The molecule has 4 aromatic rings. The highest BCUT2D eigenvalue weighted by atomic mass is 16.4. The van der Waals surface area contributed by atoms with Crippen LogP contribution >= 0.6 is 0 Å². The van der Waals surface area contributed by atoms with Crippen molar-refractivity contribution in [3.63, 3.8) is 0 Å². The second-order valence-corrected chi connectivity index (χ2v) is 11.4. The molecule has 6 heteroatoms. The van der Waals surface area contributed by atoms with Gasteiger partial charge < -0.3 is 5.11 Å². The van der Waals surface area contributed by atoms with Gasteiger partial charge in [0.1, 0.15) is 5.52 Å².